The number of halogens is 3. The molecule has 0 amide bonds. The van der Waals surface area contributed by atoms with E-state index >= 15 is 0 Å². The van der Waals surface area contributed by atoms with Crippen LogP contribution in [0.2, 0.25) is 0 Å². The van der Waals surface area contributed by atoms with E-state index in [0.29, 0.717) is 19.7 Å². The lowest BCUT2D eigenvalue weighted by atomic mass is 10.0. The number of aryl methyl sites for hydroxylation is 2. The Balaban J connectivity index is 0.000000370. The lowest BCUT2D eigenvalue weighted by Gasteiger charge is -2.32. The summed E-state index contributed by atoms with van der Waals surface area (Å²) in [6, 6.07) is 2.13. The number of furan rings is 1. The van der Waals surface area contributed by atoms with Crippen molar-refractivity contribution in [3.8, 4) is 0 Å². The molecule has 0 radical (unpaired) electrons. The Labute approximate surface area is 167 Å². The first-order valence-corrected chi connectivity index (χ1v) is 10.9. The second kappa shape index (κ2) is 9.02. The highest BCUT2D eigenvalue weighted by atomic mass is 32.2. The number of aliphatic carboxylic acids is 1. The number of nitrogens with one attached hydrogen (secondary N) is 1. The summed E-state index contributed by atoms with van der Waals surface area (Å²) in [5, 5.41) is 7.12. The van der Waals surface area contributed by atoms with E-state index in [0.717, 1.165) is 29.9 Å². The van der Waals surface area contributed by atoms with Crippen molar-refractivity contribution in [2.45, 2.75) is 57.6 Å². The molecule has 3 rings (SSSR count). The van der Waals surface area contributed by atoms with Gasteiger partial charge in [-0.25, -0.2) is 17.9 Å². The highest BCUT2D eigenvalue weighted by Gasteiger charge is 2.45. The number of fused-ring (bicyclic) bond motifs is 1. The van der Waals surface area contributed by atoms with Gasteiger partial charge in [-0.2, -0.15) is 13.2 Å². The van der Waals surface area contributed by atoms with Crippen LogP contribution in [0.4, 0.5) is 13.2 Å². The van der Waals surface area contributed by atoms with Crippen molar-refractivity contribution in [3.05, 3.63) is 23.2 Å². The van der Waals surface area contributed by atoms with Crippen molar-refractivity contribution < 1.29 is 40.6 Å². The number of nitrogens with zero attached hydrogens (tertiary/aromatic N) is 1. The molecule has 2 aliphatic rings. The third-order valence-electron chi connectivity index (χ3n) is 4.81. The second-order valence-corrected chi connectivity index (χ2v) is 9.01. The molecule has 2 N–H and O–H groups in total. The Morgan fingerprint density at radius 1 is 1.38 bits per heavy atom. The number of hydrogen-bond acceptors (Lipinski definition) is 6. The minimum absolute atomic E-state index is 0.0689. The number of rotatable bonds is 4. The molecule has 0 saturated carbocycles. The summed E-state index contributed by atoms with van der Waals surface area (Å²) in [4.78, 5) is 11.2. The molecular formula is C17H25F3N2O6S. The van der Waals surface area contributed by atoms with E-state index in [1.54, 1.807) is 0 Å². The van der Waals surface area contributed by atoms with Gasteiger partial charge in [0.05, 0.1) is 24.9 Å². The van der Waals surface area contributed by atoms with Crippen LogP contribution in [-0.4, -0.2) is 68.2 Å². The maximum absolute atomic E-state index is 11.6. The SMILES string of the molecule is Cc1cc(CN2C[C@H](NS(C)(=O)=O)[C@@H]3OCCC[C@@H]32)oc1C.O=C(O)C(F)(F)F. The summed E-state index contributed by atoms with van der Waals surface area (Å²) in [6.45, 7) is 6.05. The van der Waals surface area contributed by atoms with Crippen molar-refractivity contribution >= 4 is 16.0 Å². The third kappa shape index (κ3) is 6.69. The third-order valence-corrected chi connectivity index (χ3v) is 5.55. The van der Waals surface area contributed by atoms with Crippen LogP contribution in [-0.2, 0) is 26.1 Å². The number of likely N-dealkylation sites (tertiary alicyclic amines) is 1. The van der Waals surface area contributed by atoms with Crippen molar-refractivity contribution in [3.63, 3.8) is 0 Å². The number of hydrogen-bond donors (Lipinski definition) is 2. The maximum Gasteiger partial charge on any atom is 0.490 e. The first-order chi connectivity index (χ1) is 13.3. The molecule has 0 bridgehead atoms. The Hall–Kier alpha value is -1.63. The normalized spacial score (nSPS) is 25.2. The number of sulfonamides is 1. The van der Waals surface area contributed by atoms with Crippen LogP contribution in [0.5, 0.6) is 0 Å². The van der Waals surface area contributed by atoms with E-state index in [-0.39, 0.29) is 18.2 Å². The highest BCUT2D eigenvalue weighted by Crippen LogP contribution is 2.31. The highest BCUT2D eigenvalue weighted by molar-refractivity contribution is 7.88. The molecule has 0 spiro atoms. The Bertz CT molecular complexity index is 804. The quantitative estimate of drug-likeness (QED) is 0.732. The Morgan fingerprint density at radius 2 is 2.00 bits per heavy atom. The molecule has 0 aliphatic carbocycles. The molecule has 2 aliphatic heterocycles. The maximum atomic E-state index is 11.6. The lowest BCUT2D eigenvalue weighted by molar-refractivity contribution is -0.192. The van der Waals surface area contributed by atoms with Crippen LogP contribution in [0.25, 0.3) is 0 Å². The van der Waals surface area contributed by atoms with Crippen LogP contribution in [0.3, 0.4) is 0 Å². The lowest BCUT2D eigenvalue weighted by Crippen LogP contribution is -2.47. The fraction of sp³-hybridized carbons (Fsp3) is 0.706. The van der Waals surface area contributed by atoms with Crippen LogP contribution in [0, 0.1) is 13.8 Å². The number of carboxylic acid groups (broad SMARTS) is 1. The summed E-state index contributed by atoms with van der Waals surface area (Å²) in [6.07, 6.45) is -1.90. The van der Waals surface area contributed by atoms with Gasteiger partial charge >= 0.3 is 12.1 Å². The summed E-state index contributed by atoms with van der Waals surface area (Å²) in [5.41, 5.74) is 1.15. The number of ether oxygens (including phenoxy) is 1. The first-order valence-electron chi connectivity index (χ1n) is 8.97. The molecular weight excluding hydrogens is 417 g/mol. The molecule has 0 unspecified atom stereocenters. The fourth-order valence-corrected chi connectivity index (χ4v) is 4.30. The smallest absolute Gasteiger partial charge is 0.475 e. The van der Waals surface area contributed by atoms with Gasteiger partial charge in [0.1, 0.15) is 11.5 Å². The molecule has 166 valence electrons. The van der Waals surface area contributed by atoms with Gasteiger partial charge < -0.3 is 14.3 Å². The number of carbonyl (C=O) groups is 1. The first kappa shape index (κ1) is 23.6. The molecule has 3 heterocycles. The van der Waals surface area contributed by atoms with Gasteiger partial charge in [0, 0.05) is 19.2 Å². The van der Waals surface area contributed by atoms with Gasteiger partial charge in [-0.15, -0.1) is 0 Å². The van der Waals surface area contributed by atoms with Crippen LogP contribution in [0.1, 0.15) is 29.9 Å². The van der Waals surface area contributed by atoms with Crippen LogP contribution in [0.15, 0.2) is 10.5 Å². The van der Waals surface area contributed by atoms with Crippen molar-refractivity contribution in [2.24, 2.45) is 0 Å². The van der Waals surface area contributed by atoms with E-state index in [2.05, 4.69) is 15.7 Å². The van der Waals surface area contributed by atoms with E-state index in [1.807, 2.05) is 13.8 Å². The Morgan fingerprint density at radius 3 is 2.48 bits per heavy atom. The molecule has 1 aromatic heterocycles. The van der Waals surface area contributed by atoms with Crippen LogP contribution >= 0.6 is 0 Å². The van der Waals surface area contributed by atoms with Gasteiger partial charge in [-0.3, -0.25) is 4.90 Å². The summed E-state index contributed by atoms with van der Waals surface area (Å²) >= 11 is 0. The number of alkyl halides is 3. The van der Waals surface area contributed by atoms with Gasteiger partial charge in [0.15, 0.2) is 0 Å². The fourth-order valence-electron chi connectivity index (χ4n) is 3.54. The van der Waals surface area contributed by atoms with Crippen LogP contribution < -0.4 is 4.72 Å². The standard InChI is InChI=1S/C15H24N2O4S.C2HF3O2/c1-10-7-12(21-11(10)2)8-17-9-13(16-22(3,18)19)15-14(17)5-4-6-20-15;3-2(4,5)1(6)7/h7,13-16H,4-6,8-9H2,1-3H3;(H,6,7)/t13-,14-,15-;/m0./s1. The van der Waals surface area contributed by atoms with E-state index < -0.39 is 22.2 Å². The van der Waals surface area contributed by atoms with Crippen molar-refractivity contribution in [2.75, 3.05) is 19.4 Å². The van der Waals surface area contributed by atoms with Crippen molar-refractivity contribution in [1.82, 2.24) is 9.62 Å². The zero-order valence-corrected chi connectivity index (χ0v) is 17.1. The summed E-state index contributed by atoms with van der Waals surface area (Å²) in [7, 11) is -3.24. The van der Waals surface area contributed by atoms with E-state index in [1.165, 1.54) is 6.26 Å². The molecule has 3 atom stereocenters. The van der Waals surface area contributed by atoms with E-state index in [9.17, 15) is 21.6 Å². The van der Waals surface area contributed by atoms with E-state index in [4.69, 9.17) is 19.1 Å². The molecule has 12 heteroatoms. The van der Waals surface area contributed by atoms with Gasteiger partial charge in [-0.1, -0.05) is 0 Å². The predicted octanol–water partition coefficient (Wildman–Crippen LogP) is 1.81. The zero-order chi connectivity index (χ0) is 22.0. The molecule has 1 aromatic rings. The number of carboxylic acids is 1. The predicted molar refractivity (Wildman–Crippen MR) is 96.8 cm³/mol. The largest absolute Gasteiger partial charge is 0.490 e. The van der Waals surface area contributed by atoms with Gasteiger partial charge in [0.25, 0.3) is 0 Å². The average Bonchev–Trinajstić information content (AvgIpc) is 3.06. The zero-order valence-electron chi connectivity index (χ0n) is 16.3. The molecule has 0 aromatic carbocycles. The summed E-state index contributed by atoms with van der Waals surface area (Å²) in [5.74, 6) is -0.886. The molecule has 2 saturated heterocycles. The minimum atomic E-state index is -5.08. The second-order valence-electron chi connectivity index (χ2n) is 7.23. The molecule has 8 nitrogen and oxygen atoms in total. The Kier molecular flexibility index (Phi) is 7.36. The molecule has 2 fully saturated rings. The topological polar surface area (TPSA) is 109 Å². The average molecular weight is 442 g/mol. The monoisotopic (exact) mass is 442 g/mol. The summed E-state index contributed by atoms with van der Waals surface area (Å²) < 4.78 is 69.2. The van der Waals surface area contributed by atoms with Crippen molar-refractivity contribution in [1.29, 1.82) is 0 Å². The molecule has 29 heavy (non-hydrogen) atoms. The minimum Gasteiger partial charge on any atom is -0.475 e. The van der Waals surface area contributed by atoms with Gasteiger partial charge in [-0.05, 0) is 38.3 Å². The van der Waals surface area contributed by atoms with Gasteiger partial charge in [0.2, 0.25) is 10.0 Å².